The monoisotopic (exact) mass is 300 g/mol. The van der Waals surface area contributed by atoms with Gasteiger partial charge >= 0.3 is 0 Å². The van der Waals surface area contributed by atoms with Crippen LogP contribution < -0.4 is 15.8 Å². The Labute approximate surface area is 129 Å². The zero-order chi connectivity index (χ0) is 16.1. The van der Waals surface area contributed by atoms with E-state index in [4.69, 9.17) is 10.5 Å². The van der Waals surface area contributed by atoms with Crippen LogP contribution >= 0.6 is 0 Å². The molecule has 1 heterocycles. The molecule has 0 aliphatic heterocycles. The first-order valence-electron chi connectivity index (χ1n) is 7.12. The average molecular weight is 300 g/mol. The fourth-order valence-corrected chi connectivity index (χ4v) is 2.16. The minimum Gasteiger partial charge on any atom is -0.487 e. The minimum absolute atomic E-state index is 0.133. The molecule has 0 saturated heterocycles. The molecule has 0 radical (unpaired) electrons. The standard InChI is InChI=1S/C16H20N4O2/c1-4-18-15(21)14-11(3)19-16(17)20-13(14)9-22-12-7-5-6-10(2)8-12/h5-8H,4,9H2,1-3H3,(H,18,21)(H2,17,19,20). The number of hydrogen-bond donors (Lipinski definition) is 2. The van der Waals surface area contributed by atoms with Crippen LogP contribution in [0.3, 0.4) is 0 Å². The number of benzene rings is 1. The number of carbonyl (C=O) groups is 1. The highest BCUT2D eigenvalue weighted by molar-refractivity contribution is 5.96. The summed E-state index contributed by atoms with van der Waals surface area (Å²) < 4.78 is 5.73. The smallest absolute Gasteiger partial charge is 0.255 e. The summed E-state index contributed by atoms with van der Waals surface area (Å²) in [5.41, 5.74) is 8.23. The normalized spacial score (nSPS) is 10.3. The van der Waals surface area contributed by atoms with E-state index in [1.54, 1.807) is 6.92 Å². The summed E-state index contributed by atoms with van der Waals surface area (Å²) in [7, 11) is 0. The molecule has 1 aromatic carbocycles. The van der Waals surface area contributed by atoms with E-state index in [1.165, 1.54) is 0 Å². The second-order valence-corrected chi connectivity index (χ2v) is 4.95. The third-order valence-corrected chi connectivity index (χ3v) is 3.11. The van der Waals surface area contributed by atoms with Crippen LogP contribution in [0.2, 0.25) is 0 Å². The van der Waals surface area contributed by atoms with E-state index in [1.807, 2.05) is 38.1 Å². The fraction of sp³-hybridized carbons (Fsp3) is 0.312. The van der Waals surface area contributed by atoms with Gasteiger partial charge in [-0.2, -0.15) is 0 Å². The van der Waals surface area contributed by atoms with Crippen molar-refractivity contribution in [2.24, 2.45) is 0 Å². The number of ether oxygens (including phenoxy) is 1. The van der Waals surface area contributed by atoms with Gasteiger partial charge in [0, 0.05) is 6.54 Å². The zero-order valence-electron chi connectivity index (χ0n) is 13.0. The number of rotatable bonds is 5. The number of nitrogens with one attached hydrogen (secondary N) is 1. The van der Waals surface area contributed by atoms with Crippen molar-refractivity contribution >= 4 is 11.9 Å². The molecule has 0 fully saturated rings. The van der Waals surface area contributed by atoms with E-state index in [2.05, 4.69) is 15.3 Å². The van der Waals surface area contributed by atoms with Gasteiger partial charge in [0.25, 0.3) is 5.91 Å². The lowest BCUT2D eigenvalue weighted by Crippen LogP contribution is -2.26. The predicted octanol–water partition coefficient (Wildman–Crippen LogP) is 2.00. The molecule has 3 N–H and O–H groups in total. The van der Waals surface area contributed by atoms with Crippen LogP contribution in [0, 0.1) is 13.8 Å². The van der Waals surface area contributed by atoms with Gasteiger partial charge in [-0.25, -0.2) is 9.97 Å². The van der Waals surface area contributed by atoms with E-state index in [-0.39, 0.29) is 18.5 Å². The van der Waals surface area contributed by atoms with Crippen molar-refractivity contribution < 1.29 is 9.53 Å². The maximum atomic E-state index is 12.2. The molecule has 116 valence electrons. The molecular formula is C16H20N4O2. The van der Waals surface area contributed by atoms with Crippen LogP contribution in [-0.4, -0.2) is 22.4 Å². The van der Waals surface area contributed by atoms with Crippen molar-refractivity contribution in [2.45, 2.75) is 27.4 Å². The SMILES string of the molecule is CCNC(=O)c1c(C)nc(N)nc1COc1cccc(C)c1. The number of anilines is 1. The summed E-state index contributed by atoms with van der Waals surface area (Å²) >= 11 is 0. The Morgan fingerprint density at radius 1 is 1.32 bits per heavy atom. The van der Waals surface area contributed by atoms with Crippen molar-refractivity contribution in [3.05, 3.63) is 46.8 Å². The number of aryl methyl sites for hydroxylation is 2. The van der Waals surface area contributed by atoms with E-state index >= 15 is 0 Å². The molecule has 0 aliphatic rings. The fourth-order valence-electron chi connectivity index (χ4n) is 2.16. The highest BCUT2D eigenvalue weighted by Gasteiger charge is 2.18. The van der Waals surface area contributed by atoms with Gasteiger partial charge in [0.2, 0.25) is 5.95 Å². The van der Waals surface area contributed by atoms with Crippen molar-refractivity contribution in [3.8, 4) is 5.75 Å². The molecule has 6 nitrogen and oxygen atoms in total. The van der Waals surface area contributed by atoms with Crippen LogP contribution in [-0.2, 0) is 6.61 Å². The molecule has 0 aliphatic carbocycles. The number of nitrogens with two attached hydrogens (primary N) is 1. The van der Waals surface area contributed by atoms with Crippen LogP contribution in [0.1, 0.15) is 34.2 Å². The van der Waals surface area contributed by atoms with E-state index < -0.39 is 0 Å². The molecule has 0 unspecified atom stereocenters. The first-order chi connectivity index (χ1) is 10.5. The molecular weight excluding hydrogens is 280 g/mol. The van der Waals surface area contributed by atoms with E-state index in [9.17, 15) is 4.79 Å². The molecule has 0 atom stereocenters. The first kappa shape index (κ1) is 15.8. The lowest BCUT2D eigenvalue weighted by atomic mass is 10.1. The summed E-state index contributed by atoms with van der Waals surface area (Å²) in [6.07, 6.45) is 0. The Kier molecular flexibility index (Phi) is 4.93. The quantitative estimate of drug-likeness (QED) is 0.881. The molecule has 0 spiro atoms. The van der Waals surface area contributed by atoms with Crippen molar-refractivity contribution in [3.63, 3.8) is 0 Å². The topological polar surface area (TPSA) is 90.1 Å². The maximum absolute atomic E-state index is 12.2. The number of carbonyl (C=O) groups excluding carboxylic acids is 1. The maximum Gasteiger partial charge on any atom is 0.255 e. The van der Waals surface area contributed by atoms with Crippen LogP contribution in [0.25, 0.3) is 0 Å². The summed E-state index contributed by atoms with van der Waals surface area (Å²) in [5, 5.41) is 2.75. The Bertz CT molecular complexity index is 686. The summed E-state index contributed by atoms with van der Waals surface area (Å²) in [4.78, 5) is 20.4. The second-order valence-electron chi connectivity index (χ2n) is 4.95. The van der Waals surface area contributed by atoms with Gasteiger partial charge in [-0.1, -0.05) is 12.1 Å². The first-order valence-corrected chi connectivity index (χ1v) is 7.12. The Hall–Kier alpha value is -2.63. The van der Waals surface area contributed by atoms with Crippen molar-refractivity contribution in [1.29, 1.82) is 0 Å². The van der Waals surface area contributed by atoms with Gasteiger partial charge in [0.05, 0.1) is 17.0 Å². The highest BCUT2D eigenvalue weighted by Crippen LogP contribution is 2.17. The molecule has 6 heteroatoms. The molecule has 2 aromatic rings. The molecule has 2 rings (SSSR count). The minimum atomic E-state index is -0.220. The lowest BCUT2D eigenvalue weighted by Gasteiger charge is -2.13. The van der Waals surface area contributed by atoms with E-state index in [0.717, 1.165) is 11.3 Å². The van der Waals surface area contributed by atoms with Gasteiger partial charge in [-0.05, 0) is 38.5 Å². The van der Waals surface area contributed by atoms with Gasteiger partial charge in [-0.3, -0.25) is 4.79 Å². The van der Waals surface area contributed by atoms with Crippen molar-refractivity contribution in [2.75, 3.05) is 12.3 Å². The largest absolute Gasteiger partial charge is 0.487 e. The third-order valence-electron chi connectivity index (χ3n) is 3.11. The van der Waals surface area contributed by atoms with E-state index in [0.29, 0.717) is 23.5 Å². The summed E-state index contributed by atoms with van der Waals surface area (Å²) in [6.45, 7) is 6.26. The van der Waals surface area contributed by atoms with Gasteiger partial charge in [0.1, 0.15) is 12.4 Å². The third kappa shape index (κ3) is 3.72. The molecule has 22 heavy (non-hydrogen) atoms. The lowest BCUT2D eigenvalue weighted by molar-refractivity contribution is 0.0951. The number of nitrogens with zero attached hydrogens (tertiary/aromatic N) is 2. The summed E-state index contributed by atoms with van der Waals surface area (Å²) in [6, 6.07) is 7.67. The zero-order valence-corrected chi connectivity index (χ0v) is 13.0. The Morgan fingerprint density at radius 2 is 2.09 bits per heavy atom. The highest BCUT2D eigenvalue weighted by atomic mass is 16.5. The Morgan fingerprint density at radius 3 is 2.77 bits per heavy atom. The van der Waals surface area contributed by atoms with Crippen LogP contribution in [0.4, 0.5) is 5.95 Å². The number of aromatic nitrogens is 2. The molecule has 0 bridgehead atoms. The predicted molar refractivity (Wildman–Crippen MR) is 84.7 cm³/mol. The van der Waals surface area contributed by atoms with Crippen molar-refractivity contribution in [1.82, 2.24) is 15.3 Å². The molecule has 0 saturated carbocycles. The molecule has 1 amide bonds. The Balaban J connectivity index is 2.27. The van der Waals surface area contributed by atoms with Crippen LogP contribution in [0.5, 0.6) is 5.75 Å². The average Bonchev–Trinajstić information content (AvgIpc) is 2.44. The molecule has 1 aromatic heterocycles. The number of amides is 1. The second kappa shape index (κ2) is 6.89. The van der Waals surface area contributed by atoms with Gasteiger partial charge < -0.3 is 15.8 Å². The number of hydrogen-bond acceptors (Lipinski definition) is 5. The van der Waals surface area contributed by atoms with Gasteiger partial charge in [0.15, 0.2) is 0 Å². The number of nitrogen functional groups attached to an aromatic ring is 1. The van der Waals surface area contributed by atoms with Crippen LogP contribution in [0.15, 0.2) is 24.3 Å². The summed E-state index contributed by atoms with van der Waals surface area (Å²) in [5.74, 6) is 0.632. The van der Waals surface area contributed by atoms with Gasteiger partial charge in [-0.15, -0.1) is 0 Å².